The number of rotatable bonds is 7. The zero-order chi connectivity index (χ0) is 18.2. The van der Waals surface area contributed by atoms with Crippen molar-refractivity contribution < 1.29 is 14.3 Å². The summed E-state index contributed by atoms with van der Waals surface area (Å²) in [6, 6.07) is 5.28. The highest BCUT2D eigenvalue weighted by atomic mass is 16.5. The molecular formula is C20H29N3O3. The molecule has 1 atom stereocenters. The van der Waals surface area contributed by atoms with Crippen molar-refractivity contribution >= 4 is 11.8 Å². The Bertz CT molecular complexity index is 587. The lowest BCUT2D eigenvalue weighted by molar-refractivity contribution is 0.0569. The van der Waals surface area contributed by atoms with Gasteiger partial charge in [-0.25, -0.2) is 4.79 Å². The van der Waals surface area contributed by atoms with E-state index in [0.717, 1.165) is 19.3 Å². The Morgan fingerprint density at radius 2 is 2.04 bits per heavy atom. The number of urea groups is 1. The van der Waals surface area contributed by atoms with Gasteiger partial charge >= 0.3 is 6.03 Å². The Balaban J connectivity index is 1.38. The Labute approximate surface area is 155 Å². The first kappa shape index (κ1) is 18.8. The number of likely N-dealkylation sites (tertiary alicyclic amines) is 1. The first-order chi connectivity index (χ1) is 12.7. The minimum absolute atomic E-state index is 0.0352. The summed E-state index contributed by atoms with van der Waals surface area (Å²) in [6.07, 6.45) is 9.43. The van der Waals surface area contributed by atoms with Gasteiger partial charge in [-0.15, -0.1) is 0 Å². The third kappa shape index (κ3) is 5.27. The molecule has 1 aromatic heterocycles. The monoisotopic (exact) mass is 359 g/mol. The lowest BCUT2D eigenvalue weighted by Crippen LogP contribution is -2.47. The molecule has 6 nitrogen and oxygen atoms in total. The van der Waals surface area contributed by atoms with Gasteiger partial charge in [-0.3, -0.25) is 9.78 Å². The van der Waals surface area contributed by atoms with Crippen LogP contribution in [0.25, 0.3) is 0 Å². The van der Waals surface area contributed by atoms with Crippen molar-refractivity contribution in [2.24, 2.45) is 5.92 Å². The minimum Gasteiger partial charge on any atom is -0.378 e. The van der Waals surface area contributed by atoms with Crippen LogP contribution in [0, 0.1) is 5.92 Å². The largest absolute Gasteiger partial charge is 0.378 e. The van der Waals surface area contributed by atoms with E-state index in [0.29, 0.717) is 38.0 Å². The molecule has 142 valence electrons. The number of Topliss-reactive ketones (excluding diaryl/α,β-unsaturated/α-hetero) is 1. The molecule has 6 heteroatoms. The molecule has 2 fully saturated rings. The smallest absolute Gasteiger partial charge is 0.317 e. The zero-order valence-electron chi connectivity index (χ0n) is 15.4. The van der Waals surface area contributed by atoms with Crippen molar-refractivity contribution in [1.29, 1.82) is 0 Å². The molecule has 0 spiro atoms. The number of carbonyl (C=O) groups excluding carboxylic acids is 2. The average molecular weight is 359 g/mol. The first-order valence-corrected chi connectivity index (χ1v) is 9.83. The number of aromatic nitrogens is 1. The van der Waals surface area contributed by atoms with Crippen molar-refractivity contribution in [1.82, 2.24) is 15.2 Å². The van der Waals surface area contributed by atoms with Gasteiger partial charge in [-0.1, -0.05) is 18.9 Å². The molecule has 1 N–H and O–H groups in total. The van der Waals surface area contributed by atoms with Crippen LogP contribution in [0.4, 0.5) is 4.79 Å². The van der Waals surface area contributed by atoms with E-state index in [4.69, 9.17) is 4.74 Å². The molecule has 0 bridgehead atoms. The third-order valence-electron chi connectivity index (χ3n) is 5.25. The van der Waals surface area contributed by atoms with E-state index >= 15 is 0 Å². The van der Waals surface area contributed by atoms with Crippen molar-refractivity contribution in [2.45, 2.75) is 51.0 Å². The Hall–Kier alpha value is -1.95. The lowest BCUT2D eigenvalue weighted by atomic mass is 9.92. The fourth-order valence-corrected chi connectivity index (χ4v) is 3.78. The average Bonchev–Trinajstić information content (AvgIpc) is 3.21. The van der Waals surface area contributed by atoms with Gasteiger partial charge in [0.1, 0.15) is 5.69 Å². The molecule has 3 rings (SSSR count). The van der Waals surface area contributed by atoms with E-state index < -0.39 is 0 Å². The van der Waals surface area contributed by atoms with Gasteiger partial charge in [0, 0.05) is 38.4 Å². The number of hydrogen-bond donors (Lipinski definition) is 1. The number of pyridine rings is 1. The fraction of sp³-hybridized carbons (Fsp3) is 0.650. The summed E-state index contributed by atoms with van der Waals surface area (Å²) in [4.78, 5) is 30.8. The highest BCUT2D eigenvalue weighted by Gasteiger charge is 2.29. The van der Waals surface area contributed by atoms with E-state index in [1.807, 2.05) is 6.07 Å². The summed E-state index contributed by atoms with van der Waals surface area (Å²) in [5.74, 6) is -0.122. The SMILES string of the molecule is O=C(c1ccccn1)C1CCCN(C(=O)NCCCOC2CCCC2)C1. The summed E-state index contributed by atoms with van der Waals surface area (Å²) in [5, 5.41) is 2.96. The number of hydrogen-bond acceptors (Lipinski definition) is 4. The maximum absolute atomic E-state index is 12.6. The van der Waals surface area contributed by atoms with E-state index in [2.05, 4.69) is 10.3 Å². The number of nitrogens with zero attached hydrogens (tertiary/aromatic N) is 2. The van der Waals surface area contributed by atoms with E-state index in [1.54, 1.807) is 23.2 Å². The van der Waals surface area contributed by atoms with Crippen molar-refractivity contribution in [3.8, 4) is 0 Å². The van der Waals surface area contributed by atoms with Gasteiger partial charge in [0.05, 0.1) is 6.10 Å². The van der Waals surface area contributed by atoms with Crippen LogP contribution in [0.5, 0.6) is 0 Å². The van der Waals surface area contributed by atoms with Gasteiger partial charge < -0.3 is 15.0 Å². The highest BCUT2D eigenvalue weighted by Crippen LogP contribution is 2.21. The number of piperidine rings is 1. The van der Waals surface area contributed by atoms with Crippen LogP contribution in [0.1, 0.15) is 55.4 Å². The highest BCUT2D eigenvalue weighted by molar-refractivity contribution is 5.96. The van der Waals surface area contributed by atoms with Crippen molar-refractivity contribution in [2.75, 3.05) is 26.2 Å². The Morgan fingerprint density at radius 1 is 1.19 bits per heavy atom. The second-order valence-electron chi connectivity index (χ2n) is 7.23. The molecule has 1 aliphatic heterocycles. The van der Waals surface area contributed by atoms with Crippen LogP contribution in [0.15, 0.2) is 24.4 Å². The predicted octanol–water partition coefficient (Wildman–Crippen LogP) is 3.04. The normalized spacial score (nSPS) is 20.9. The van der Waals surface area contributed by atoms with Gasteiger partial charge in [-0.05, 0) is 44.2 Å². The first-order valence-electron chi connectivity index (χ1n) is 9.83. The Morgan fingerprint density at radius 3 is 2.81 bits per heavy atom. The van der Waals surface area contributed by atoms with Crippen LogP contribution < -0.4 is 5.32 Å². The topological polar surface area (TPSA) is 71.5 Å². The molecule has 1 aliphatic carbocycles. The van der Waals surface area contributed by atoms with Gasteiger partial charge in [0.15, 0.2) is 5.78 Å². The summed E-state index contributed by atoms with van der Waals surface area (Å²) in [5.41, 5.74) is 0.490. The summed E-state index contributed by atoms with van der Waals surface area (Å²) < 4.78 is 5.81. The predicted molar refractivity (Wildman–Crippen MR) is 99.1 cm³/mol. The van der Waals surface area contributed by atoms with Gasteiger partial charge in [0.25, 0.3) is 0 Å². The second kappa shape index (κ2) is 9.67. The third-order valence-corrected chi connectivity index (χ3v) is 5.25. The number of nitrogens with one attached hydrogen (secondary N) is 1. The van der Waals surface area contributed by atoms with Crippen molar-refractivity contribution in [3.63, 3.8) is 0 Å². The molecule has 1 saturated heterocycles. The molecule has 1 saturated carbocycles. The standard InChI is InChI=1S/C20H29N3O3/c24-19(18-10-3-4-11-21-18)16-7-5-13-23(15-16)20(25)22-12-6-14-26-17-8-1-2-9-17/h3-4,10-11,16-17H,1-2,5-9,12-15H2,(H,22,25). The second-order valence-corrected chi connectivity index (χ2v) is 7.23. The number of carbonyl (C=O) groups is 2. The van der Waals surface area contributed by atoms with Crippen molar-refractivity contribution in [3.05, 3.63) is 30.1 Å². The Kier molecular flexibility index (Phi) is 7.00. The molecule has 2 amide bonds. The van der Waals surface area contributed by atoms with Crippen LogP contribution in [0.3, 0.4) is 0 Å². The van der Waals surface area contributed by atoms with Crippen LogP contribution in [-0.2, 0) is 4.74 Å². The minimum atomic E-state index is -0.157. The molecule has 1 unspecified atom stereocenters. The van der Waals surface area contributed by atoms with E-state index in [9.17, 15) is 9.59 Å². The van der Waals surface area contributed by atoms with E-state index in [-0.39, 0.29) is 17.7 Å². The molecule has 2 aliphatic rings. The van der Waals surface area contributed by atoms with Gasteiger partial charge in [-0.2, -0.15) is 0 Å². The van der Waals surface area contributed by atoms with Crippen LogP contribution in [0.2, 0.25) is 0 Å². The molecule has 1 aromatic rings. The molecule has 0 aromatic carbocycles. The molecule has 0 radical (unpaired) electrons. The zero-order valence-corrected chi connectivity index (χ0v) is 15.4. The maximum atomic E-state index is 12.6. The summed E-state index contributed by atoms with van der Waals surface area (Å²) in [6.45, 7) is 2.49. The number of amides is 2. The molecular weight excluding hydrogens is 330 g/mol. The summed E-state index contributed by atoms with van der Waals surface area (Å²) >= 11 is 0. The van der Waals surface area contributed by atoms with Gasteiger partial charge in [0.2, 0.25) is 0 Å². The molecule has 26 heavy (non-hydrogen) atoms. The molecule has 2 heterocycles. The van der Waals surface area contributed by atoms with Crippen LogP contribution >= 0.6 is 0 Å². The van der Waals surface area contributed by atoms with Crippen LogP contribution in [-0.4, -0.2) is 54.0 Å². The number of ketones is 1. The fourth-order valence-electron chi connectivity index (χ4n) is 3.78. The number of ether oxygens (including phenoxy) is 1. The quantitative estimate of drug-likeness (QED) is 0.600. The lowest BCUT2D eigenvalue weighted by Gasteiger charge is -2.32. The van der Waals surface area contributed by atoms with E-state index in [1.165, 1.54) is 25.7 Å². The maximum Gasteiger partial charge on any atom is 0.317 e. The summed E-state index contributed by atoms with van der Waals surface area (Å²) in [7, 11) is 0.